The summed E-state index contributed by atoms with van der Waals surface area (Å²) in [5.74, 6) is 0. The average Bonchev–Trinajstić information content (AvgIpc) is 2.99. The Morgan fingerprint density at radius 1 is 0.962 bits per heavy atom. The summed E-state index contributed by atoms with van der Waals surface area (Å²) in [5.41, 5.74) is 5.27. The molecule has 1 atom stereocenters. The van der Waals surface area contributed by atoms with E-state index < -0.39 is 0 Å². The highest BCUT2D eigenvalue weighted by Gasteiger charge is 2.28. The van der Waals surface area contributed by atoms with Gasteiger partial charge in [-0.25, -0.2) is 9.13 Å². The molecule has 26 heavy (non-hydrogen) atoms. The Balaban J connectivity index is 1.92. The minimum absolute atomic E-state index is 0.265. The second kappa shape index (κ2) is 7.37. The van der Waals surface area contributed by atoms with E-state index in [1.54, 1.807) is 0 Å². The van der Waals surface area contributed by atoms with Crippen LogP contribution in [0.2, 0.25) is 0 Å². The van der Waals surface area contributed by atoms with Gasteiger partial charge in [0.2, 0.25) is 6.33 Å². The van der Waals surface area contributed by atoms with E-state index in [0.29, 0.717) is 0 Å². The van der Waals surface area contributed by atoms with Crippen LogP contribution in [0.5, 0.6) is 0 Å². The molecule has 3 aromatic rings. The van der Waals surface area contributed by atoms with Gasteiger partial charge in [0.15, 0.2) is 0 Å². The van der Waals surface area contributed by atoms with Crippen LogP contribution >= 0.6 is 7.92 Å². The zero-order valence-corrected chi connectivity index (χ0v) is 17.7. The Bertz CT molecular complexity index is 865. The van der Waals surface area contributed by atoms with Crippen LogP contribution in [-0.4, -0.2) is 9.72 Å². The highest BCUT2D eigenvalue weighted by molar-refractivity contribution is 7.65. The van der Waals surface area contributed by atoms with E-state index in [2.05, 4.69) is 112 Å². The zero-order valence-electron chi connectivity index (χ0n) is 16.8. The first-order chi connectivity index (χ1) is 12.3. The predicted octanol–water partition coefficient (Wildman–Crippen LogP) is 5.25. The third-order valence-corrected chi connectivity index (χ3v) is 7.92. The third-order valence-electron chi connectivity index (χ3n) is 4.77. The molecular weight excluding hydrogens is 335 g/mol. The first-order valence-corrected chi connectivity index (χ1v) is 10.8. The first-order valence-electron chi connectivity index (χ1n) is 9.23. The molecule has 3 heteroatoms. The predicted molar refractivity (Wildman–Crippen MR) is 113 cm³/mol. The van der Waals surface area contributed by atoms with Crippen molar-refractivity contribution in [2.45, 2.75) is 53.0 Å². The van der Waals surface area contributed by atoms with Crippen molar-refractivity contribution in [2.24, 2.45) is 0 Å². The maximum absolute atomic E-state index is 2.36. The Morgan fingerprint density at radius 3 is 2.15 bits per heavy atom. The molecule has 2 nitrogen and oxygen atoms in total. The molecule has 0 aliphatic carbocycles. The lowest BCUT2D eigenvalue weighted by molar-refractivity contribution is -0.676. The Morgan fingerprint density at radius 2 is 1.58 bits per heavy atom. The molecule has 0 fully saturated rings. The molecule has 0 unspecified atom stereocenters. The molecule has 0 amide bonds. The first kappa shape index (κ1) is 18.9. The van der Waals surface area contributed by atoms with Crippen LogP contribution in [0.3, 0.4) is 0 Å². The number of benzene rings is 2. The summed E-state index contributed by atoms with van der Waals surface area (Å²) >= 11 is 0. The van der Waals surface area contributed by atoms with E-state index >= 15 is 0 Å². The van der Waals surface area contributed by atoms with Crippen molar-refractivity contribution in [3.63, 3.8) is 0 Å². The van der Waals surface area contributed by atoms with Gasteiger partial charge in [-0.15, -0.1) is 0 Å². The summed E-state index contributed by atoms with van der Waals surface area (Å²) in [6.45, 7) is 13.6. The van der Waals surface area contributed by atoms with Crippen molar-refractivity contribution in [1.29, 1.82) is 0 Å². The van der Waals surface area contributed by atoms with Gasteiger partial charge >= 0.3 is 0 Å². The van der Waals surface area contributed by atoms with Gasteiger partial charge in [0, 0.05) is 0 Å². The Hall–Kier alpha value is -1.92. The van der Waals surface area contributed by atoms with Gasteiger partial charge in [-0.3, -0.25) is 0 Å². The average molecular weight is 365 g/mol. The highest BCUT2D eigenvalue weighted by atomic mass is 31.1. The molecule has 0 bridgehead atoms. The highest BCUT2D eigenvalue weighted by Crippen LogP contribution is 2.48. The van der Waals surface area contributed by atoms with E-state index in [4.69, 9.17) is 0 Å². The summed E-state index contributed by atoms with van der Waals surface area (Å²) in [6.07, 6.45) is 7.68. The van der Waals surface area contributed by atoms with E-state index in [-0.39, 0.29) is 13.1 Å². The molecular formula is C23H30N2P+. The van der Waals surface area contributed by atoms with Gasteiger partial charge in [0.25, 0.3) is 0 Å². The Labute approximate surface area is 159 Å². The van der Waals surface area contributed by atoms with Crippen LogP contribution in [0.15, 0.2) is 61.2 Å². The normalized spacial score (nSPS) is 13.0. The molecule has 136 valence electrons. The van der Waals surface area contributed by atoms with Crippen LogP contribution in [0, 0.1) is 20.8 Å². The number of hydrogen-bond acceptors (Lipinski definition) is 0. The standard InChI is InChI=1S/C23H30N2P/c1-18-14-19(2)22(20(3)15-18)25-13-12-24(16-25)17-26(23(4,5)6)21-10-8-7-9-11-21/h7-16H,17H2,1-6H3/q+1/t26-/m0/s1. The van der Waals surface area contributed by atoms with Crippen molar-refractivity contribution in [3.05, 3.63) is 77.9 Å². The van der Waals surface area contributed by atoms with Gasteiger partial charge in [0.05, 0.1) is 0 Å². The van der Waals surface area contributed by atoms with Crippen molar-refractivity contribution in [1.82, 2.24) is 4.57 Å². The molecule has 2 aromatic carbocycles. The van der Waals surface area contributed by atoms with Gasteiger partial charge in [0.1, 0.15) is 24.4 Å². The molecule has 0 spiro atoms. The number of aromatic nitrogens is 2. The number of hydrogen-bond donors (Lipinski definition) is 0. The van der Waals surface area contributed by atoms with Crippen LogP contribution < -0.4 is 9.87 Å². The van der Waals surface area contributed by atoms with Gasteiger partial charge in [-0.05, 0) is 50.3 Å². The summed E-state index contributed by atoms with van der Waals surface area (Å²) in [6, 6.07) is 15.5. The summed E-state index contributed by atoms with van der Waals surface area (Å²) in [7, 11) is -0.300. The van der Waals surface area contributed by atoms with Crippen LogP contribution in [0.25, 0.3) is 5.69 Å². The fourth-order valence-electron chi connectivity index (χ4n) is 3.64. The minimum Gasteiger partial charge on any atom is -0.232 e. The Kier molecular flexibility index (Phi) is 5.34. The molecule has 0 N–H and O–H groups in total. The van der Waals surface area contributed by atoms with E-state index in [9.17, 15) is 0 Å². The molecule has 3 rings (SSSR count). The van der Waals surface area contributed by atoms with Gasteiger partial charge in [-0.1, -0.05) is 68.8 Å². The second-order valence-electron chi connectivity index (χ2n) is 8.16. The van der Waals surface area contributed by atoms with E-state index in [1.807, 2.05) is 0 Å². The quantitative estimate of drug-likeness (QED) is 0.441. The fourth-order valence-corrected chi connectivity index (χ4v) is 6.03. The van der Waals surface area contributed by atoms with Crippen molar-refractivity contribution < 1.29 is 4.57 Å². The maximum atomic E-state index is 2.36. The maximum Gasteiger partial charge on any atom is 0.249 e. The van der Waals surface area contributed by atoms with Crippen molar-refractivity contribution in [2.75, 3.05) is 0 Å². The lowest BCUT2D eigenvalue weighted by Crippen LogP contribution is -2.35. The smallest absolute Gasteiger partial charge is 0.232 e. The van der Waals surface area contributed by atoms with Crippen molar-refractivity contribution in [3.8, 4) is 5.69 Å². The monoisotopic (exact) mass is 365 g/mol. The molecule has 0 saturated carbocycles. The topological polar surface area (TPSA) is 8.81 Å². The minimum atomic E-state index is -0.300. The molecule has 0 aliphatic heterocycles. The lowest BCUT2D eigenvalue weighted by atomic mass is 10.1. The number of aryl methyl sites for hydroxylation is 3. The molecule has 1 heterocycles. The zero-order chi connectivity index (χ0) is 18.9. The second-order valence-corrected chi connectivity index (χ2v) is 11.2. The van der Waals surface area contributed by atoms with Crippen LogP contribution in [-0.2, 0) is 6.29 Å². The summed E-state index contributed by atoms with van der Waals surface area (Å²) in [4.78, 5) is 0. The fraction of sp³-hybridized carbons (Fsp3) is 0.348. The molecule has 0 saturated heterocycles. The van der Waals surface area contributed by atoms with Crippen molar-refractivity contribution >= 4 is 13.2 Å². The number of rotatable bonds is 4. The largest absolute Gasteiger partial charge is 0.249 e. The van der Waals surface area contributed by atoms with Crippen LogP contribution in [0.1, 0.15) is 37.5 Å². The summed E-state index contributed by atoms with van der Waals surface area (Å²) < 4.78 is 4.62. The number of nitrogens with zero attached hydrogens (tertiary/aromatic N) is 2. The molecule has 0 radical (unpaired) electrons. The number of imidazole rings is 1. The van der Waals surface area contributed by atoms with E-state index in [1.165, 1.54) is 27.7 Å². The van der Waals surface area contributed by atoms with Gasteiger partial charge in [-0.2, -0.15) is 0 Å². The molecule has 0 aliphatic rings. The van der Waals surface area contributed by atoms with E-state index in [0.717, 1.165) is 6.29 Å². The van der Waals surface area contributed by atoms with Crippen LogP contribution in [0.4, 0.5) is 0 Å². The molecule has 1 aromatic heterocycles. The third kappa shape index (κ3) is 4.07. The van der Waals surface area contributed by atoms with Gasteiger partial charge < -0.3 is 0 Å². The summed E-state index contributed by atoms with van der Waals surface area (Å²) in [5, 5.41) is 1.74. The SMILES string of the molecule is Cc1cc(C)c(-n2cc[n+](C[P@@](c3ccccc3)C(C)(C)C)c2)c(C)c1. The lowest BCUT2D eigenvalue weighted by Gasteiger charge is -2.30.